The number of carbonyl (C=O) groups is 1. The number of hydrogen-bond donors (Lipinski definition) is 2. The van der Waals surface area contributed by atoms with E-state index in [1.807, 2.05) is 13.8 Å². The van der Waals surface area contributed by atoms with Crippen LogP contribution in [0.3, 0.4) is 0 Å². The maximum Gasteiger partial charge on any atom is 0.293 e. The summed E-state index contributed by atoms with van der Waals surface area (Å²) in [7, 11) is 3.25. The van der Waals surface area contributed by atoms with E-state index in [1.54, 1.807) is 14.2 Å². The first kappa shape index (κ1) is 22.4. The highest BCUT2D eigenvalue weighted by atomic mass is 16.5. The molecule has 2 fully saturated rings. The molecular weight excluding hydrogens is 376 g/mol. The van der Waals surface area contributed by atoms with Gasteiger partial charge in [-0.25, -0.2) is 0 Å². The van der Waals surface area contributed by atoms with Gasteiger partial charge in [0.2, 0.25) is 0 Å². The standard InChI is InChI=1S/C22H34O7/c1-13(10-28-12-23)9-14(2)22-15(7-8-26-3)5-6-16-18(22)19(24)17(11-27-4)20(25)21(16)29-22/h5-6,9,12-13,15-21,24-25H,7-8,10-11H2,1-4H3. The van der Waals surface area contributed by atoms with Gasteiger partial charge in [0.05, 0.1) is 31.5 Å². The molecule has 1 aliphatic heterocycles. The van der Waals surface area contributed by atoms with Gasteiger partial charge < -0.3 is 29.2 Å². The summed E-state index contributed by atoms with van der Waals surface area (Å²) in [5.41, 5.74) is 0.257. The third kappa shape index (κ3) is 3.79. The molecule has 0 spiro atoms. The van der Waals surface area contributed by atoms with E-state index < -0.39 is 29.8 Å². The number of carbonyl (C=O) groups excluding carboxylic acids is 1. The highest BCUT2D eigenvalue weighted by molar-refractivity contribution is 5.37. The lowest BCUT2D eigenvalue weighted by Gasteiger charge is -2.48. The summed E-state index contributed by atoms with van der Waals surface area (Å²) < 4.78 is 22.2. The molecule has 1 saturated heterocycles. The van der Waals surface area contributed by atoms with E-state index in [-0.39, 0.29) is 36.9 Å². The van der Waals surface area contributed by atoms with Crippen molar-refractivity contribution in [2.24, 2.45) is 29.6 Å². The van der Waals surface area contributed by atoms with Crippen molar-refractivity contribution in [2.45, 2.75) is 44.2 Å². The summed E-state index contributed by atoms with van der Waals surface area (Å²) in [6.45, 7) is 5.57. The van der Waals surface area contributed by atoms with Crippen molar-refractivity contribution in [1.29, 1.82) is 0 Å². The smallest absolute Gasteiger partial charge is 0.293 e. The van der Waals surface area contributed by atoms with Crippen LogP contribution in [0.15, 0.2) is 23.8 Å². The molecular formula is C22H34O7. The summed E-state index contributed by atoms with van der Waals surface area (Å²) in [5.74, 6) is -0.628. The van der Waals surface area contributed by atoms with Crippen LogP contribution < -0.4 is 0 Å². The molecule has 0 aromatic rings. The molecule has 9 unspecified atom stereocenters. The lowest BCUT2D eigenvalue weighted by molar-refractivity contribution is -0.129. The molecule has 1 saturated carbocycles. The van der Waals surface area contributed by atoms with E-state index in [4.69, 9.17) is 18.9 Å². The number of rotatable bonds is 10. The molecule has 2 N–H and O–H groups in total. The van der Waals surface area contributed by atoms with Crippen molar-refractivity contribution < 1.29 is 34.0 Å². The lowest BCUT2D eigenvalue weighted by Crippen LogP contribution is -2.57. The van der Waals surface area contributed by atoms with Crippen molar-refractivity contribution in [3.63, 3.8) is 0 Å². The minimum absolute atomic E-state index is 0.00268. The Hall–Kier alpha value is -1.25. The average Bonchev–Trinajstić information content (AvgIpc) is 2.90. The Bertz CT molecular complexity index is 633. The van der Waals surface area contributed by atoms with Crippen molar-refractivity contribution in [3.05, 3.63) is 23.8 Å². The Labute approximate surface area is 172 Å². The molecule has 7 nitrogen and oxygen atoms in total. The molecule has 0 aromatic heterocycles. The minimum Gasteiger partial charge on any atom is -0.467 e. The summed E-state index contributed by atoms with van der Waals surface area (Å²) in [5, 5.41) is 22.3. The Morgan fingerprint density at radius 3 is 2.66 bits per heavy atom. The van der Waals surface area contributed by atoms with E-state index in [0.29, 0.717) is 13.1 Å². The molecule has 1 heterocycles. The second-order valence-electron chi connectivity index (χ2n) is 8.61. The number of hydrogen-bond acceptors (Lipinski definition) is 7. The molecule has 0 radical (unpaired) electrons. The number of aliphatic hydroxyl groups excluding tert-OH is 2. The molecule has 164 valence electrons. The number of ether oxygens (including phenoxy) is 4. The van der Waals surface area contributed by atoms with Gasteiger partial charge in [-0.1, -0.05) is 25.2 Å². The van der Waals surface area contributed by atoms with Crippen LogP contribution in [0.5, 0.6) is 0 Å². The van der Waals surface area contributed by atoms with Gasteiger partial charge in [0.1, 0.15) is 5.60 Å². The summed E-state index contributed by atoms with van der Waals surface area (Å²) in [6, 6.07) is 0. The molecule has 0 amide bonds. The fourth-order valence-electron chi connectivity index (χ4n) is 5.72. The van der Waals surface area contributed by atoms with E-state index in [2.05, 4.69) is 18.2 Å². The Morgan fingerprint density at radius 1 is 1.24 bits per heavy atom. The minimum atomic E-state index is -0.803. The highest BCUT2D eigenvalue weighted by Gasteiger charge is 2.68. The van der Waals surface area contributed by atoms with Gasteiger partial charge in [0, 0.05) is 50.4 Å². The fraction of sp³-hybridized carbons (Fsp3) is 0.773. The Balaban J connectivity index is 2.01. The van der Waals surface area contributed by atoms with Gasteiger partial charge in [0.15, 0.2) is 0 Å². The van der Waals surface area contributed by atoms with Crippen LogP contribution in [-0.4, -0.2) is 74.6 Å². The predicted octanol–water partition coefficient (Wildman–Crippen LogP) is 1.33. The summed E-state index contributed by atoms with van der Waals surface area (Å²) >= 11 is 0. The quantitative estimate of drug-likeness (QED) is 0.414. The van der Waals surface area contributed by atoms with E-state index >= 15 is 0 Å². The molecule has 7 heteroatoms. The van der Waals surface area contributed by atoms with Gasteiger partial charge in [-0.3, -0.25) is 4.79 Å². The maximum absolute atomic E-state index is 11.3. The Kier molecular flexibility index (Phi) is 7.17. The van der Waals surface area contributed by atoms with Crippen LogP contribution >= 0.6 is 0 Å². The van der Waals surface area contributed by atoms with E-state index in [9.17, 15) is 15.0 Å². The predicted molar refractivity (Wildman–Crippen MR) is 106 cm³/mol. The monoisotopic (exact) mass is 410 g/mol. The largest absolute Gasteiger partial charge is 0.467 e. The van der Waals surface area contributed by atoms with Crippen LogP contribution in [0.1, 0.15) is 20.3 Å². The van der Waals surface area contributed by atoms with Crippen molar-refractivity contribution in [2.75, 3.05) is 34.0 Å². The maximum atomic E-state index is 11.3. The summed E-state index contributed by atoms with van der Waals surface area (Å²) in [6.07, 6.45) is 5.10. The zero-order valence-electron chi connectivity index (χ0n) is 17.7. The summed E-state index contributed by atoms with van der Waals surface area (Å²) in [4.78, 5) is 10.6. The van der Waals surface area contributed by atoms with Crippen molar-refractivity contribution in [1.82, 2.24) is 0 Å². The van der Waals surface area contributed by atoms with E-state index in [1.165, 1.54) is 0 Å². The first-order chi connectivity index (χ1) is 13.9. The zero-order valence-corrected chi connectivity index (χ0v) is 17.7. The number of aliphatic hydroxyl groups is 2. The molecule has 29 heavy (non-hydrogen) atoms. The van der Waals surface area contributed by atoms with Crippen LogP contribution in [-0.2, 0) is 23.7 Å². The first-order valence-corrected chi connectivity index (χ1v) is 10.4. The molecule has 0 aromatic carbocycles. The second kappa shape index (κ2) is 9.27. The highest BCUT2D eigenvalue weighted by Crippen LogP contribution is 2.60. The molecule has 9 atom stereocenters. The Morgan fingerprint density at radius 2 is 2.00 bits per heavy atom. The van der Waals surface area contributed by atoms with Crippen molar-refractivity contribution >= 4 is 6.47 Å². The van der Waals surface area contributed by atoms with Crippen LogP contribution in [0.2, 0.25) is 0 Å². The van der Waals surface area contributed by atoms with Gasteiger partial charge >= 0.3 is 0 Å². The van der Waals surface area contributed by atoms with Crippen LogP contribution in [0.25, 0.3) is 0 Å². The normalized spacial score (nSPS) is 42.0. The van der Waals surface area contributed by atoms with Crippen molar-refractivity contribution in [3.8, 4) is 0 Å². The van der Waals surface area contributed by atoms with Gasteiger partial charge in [-0.05, 0) is 18.9 Å². The second-order valence-corrected chi connectivity index (χ2v) is 8.61. The van der Waals surface area contributed by atoms with E-state index in [0.717, 1.165) is 12.0 Å². The first-order valence-electron chi connectivity index (χ1n) is 10.4. The number of methoxy groups -OCH3 is 2. The lowest BCUT2D eigenvalue weighted by atomic mass is 9.57. The zero-order chi connectivity index (χ0) is 21.2. The fourth-order valence-corrected chi connectivity index (χ4v) is 5.72. The van der Waals surface area contributed by atoms with Gasteiger partial charge in [-0.15, -0.1) is 0 Å². The van der Waals surface area contributed by atoms with Crippen LogP contribution in [0.4, 0.5) is 0 Å². The molecule has 2 aliphatic carbocycles. The van der Waals surface area contributed by atoms with Crippen LogP contribution in [0, 0.1) is 29.6 Å². The van der Waals surface area contributed by atoms with Gasteiger partial charge in [0.25, 0.3) is 6.47 Å². The average molecular weight is 411 g/mol. The topological polar surface area (TPSA) is 94.5 Å². The molecule has 4 bridgehead atoms. The third-order valence-corrected chi connectivity index (χ3v) is 6.89. The SMILES string of the molecule is COCCC1C=CC2C3OC1(C(C)=CC(C)COC=O)C2C(O)C(COC)C3O. The van der Waals surface area contributed by atoms with Gasteiger partial charge in [-0.2, -0.15) is 0 Å². The third-order valence-electron chi connectivity index (χ3n) is 6.89. The molecule has 3 aliphatic rings. The molecule has 3 rings (SSSR count).